The zero-order valence-corrected chi connectivity index (χ0v) is 13.1. The van der Waals surface area contributed by atoms with E-state index in [1.54, 1.807) is 0 Å². The van der Waals surface area contributed by atoms with Gasteiger partial charge >= 0.3 is 0 Å². The number of nitrogens with one attached hydrogen (secondary N) is 1. The molecule has 1 aromatic carbocycles. The lowest BCUT2D eigenvalue weighted by Gasteiger charge is -2.37. The van der Waals surface area contributed by atoms with Gasteiger partial charge in [0.2, 0.25) is 0 Å². The Morgan fingerprint density at radius 3 is 2.71 bits per heavy atom. The number of aryl methyl sites for hydroxylation is 1. The van der Waals surface area contributed by atoms with E-state index >= 15 is 0 Å². The number of hydrogen-bond acceptors (Lipinski definition) is 2. The standard InChI is InChI=1S/C19H24N2/c1-7-17-12-13(2)8-10-18(17)16(5)21(6)19-11-9-14(3)20-15(19)4/h7-8,10,12,19-20H,1,3-5,9,11H2,2,6H3. The van der Waals surface area contributed by atoms with Crippen molar-refractivity contribution in [3.8, 4) is 0 Å². The lowest BCUT2D eigenvalue weighted by molar-refractivity contribution is 0.341. The molecule has 0 saturated carbocycles. The molecule has 0 radical (unpaired) electrons. The van der Waals surface area contributed by atoms with Crippen LogP contribution in [0.4, 0.5) is 0 Å². The van der Waals surface area contributed by atoms with Crippen molar-refractivity contribution in [1.29, 1.82) is 0 Å². The summed E-state index contributed by atoms with van der Waals surface area (Å²) in [6, 6.07) is 6.60. The molecule has 1 N–H and O–H groups in total. The molecule has 1 aliphatic heterocycles. The predicted octanol–water partition coefficient (Wildman–Crippen LogP) is 4.32. The van der Waals surface area contributed by atoms with Gasteiger partial charge in [0.05, 0.1) is 6.04 Å². The van der Waals surface area contributed by atoms with Crippen LogP contribution in [-0.4, -0.2) is 18.0 Å². The summed E-state index contributed by atoms with van der Waals surface area (Å²) < 4.78 is 0. The molecule has 1 heterocycles. The van der Waals surface area contributed by atoms with Crippen molar-refractivity contribution in [1.82, 2.24) is 10.2 Å². The second-order valence-corrected chi connectivity index (χ2v) is 5.66. The summed E-state index contributed by atoms with van der Waals surface area (Å²) in [6.45, 7) is 18.4. The molecule has 1 aliphatic rings. The van der Waals surface area contributed by atoms with Gasteiger partial charge in [-0.3, -0.25) is 0 Å². The van der Waals surface area contributed by atoms with Crippen LogP contribution < -0.4 is 5.32 Å². The molecule has 1 unspecified atom stereocenters. The first kappa shape index (κ1) is 15.2. The minimum atomic E-state index is 0.238. The summed E-state index contributed by atoms with van der Waals surface area (Å²) >= 11 is 0. The SMILES string of the molecule is C=Cc1cc(C)ccc1C(=C)N(C)C1CCC(=C)NC1=C. The first-order valence-electron chi connectivity index (χ1n) is 7.23. The number of hydrogen-bond donors (Lipinski definition) is 1. The van der Waals surface area contributed by atoms with Crippen molar-refractivity contribution in [2.75, 3.05) is 7.05 Å². The molecule has 1 saturated heterocycles. The maximum Gasteiger partial charge on any atom is 0.0686 e. The van der Waals surface area contributed by atoms with Crippen LogP contribution in [0.15, 0.2) is 55.9 Å². The van der Waals surface area contributed by atoms with Crippen LogP contribution >= 0.6 is 0 Å². The number of rotatable bonds is 4. The molecule has 110 valence electrons. The van der Waals surface area contributed by atoms with E-state index in [4.69, 9.17) is 0 Å². The average molecular weight is 280 g/mol. The van der Waals surface area contributed by atoms with E-state index in [9.17, 15) is 0 Å². The number of nitrogens with zero attached hydrogens (tertiary/aromatic N) is 1. The summed E-state index contributed by atoms with van der Waals surface area (Å²) in [6.07, 6.45) is 3.86. The highest BCUT2D eigenvalue weighted by Gasteiger charge is 2.24. The van der Waals surface area contributed by atoms with Crippen LogP contribution in [0.25, 0.3) is 11.8 Å². The van der Waals surface area contributed by atoms with Gasteiger partial charge in [-0.05, 0) is 25.3 Å². The Bertz CT molecular complexity index is 610. The number of allylic oxidation sites excluding steroid dienone is 1. The Morgan fingerprint density at radius 1 is 1.38 bits per heavy atom. The van der Waals surface area contributed by atoms with Gasteiger partial charge < -0.3 is 10.2 Å². The smallest absolute Gasteiger partial charge is 0.0686 e. The second-order valence-electron chi connectivity index (χ2n) is 5.66. The van der Waals surface area contributed by atoms with Gasteiger partial charge in [-0.2, -0.15) is 0 Å². The van der Waals surface area contributed by atoms with Crippen LogP contribution in [0.5, 0.6) is 0 Å². The van der Waals surface area contributed by atoms with Crippen molar-refractivity contribution in [3.05, 3.63) is 72.6 Å². The third-order valence-corrected chi connectivity index (χ3v) is 4.09. The van der Waals surface area contributed by atoms with E-state index in [0.717, 1.165) is 41.1 Å². The van der Waals surface area contributed by atoms with Gasteiger partial charge in [-0.1, -0.05) is 56.2 Å². The molecule has 21 heavy (non-hydrogen) atoms. The van der Waals surface area contributed by atoms with Gasteiger partial charge in [0.15, 0.2) is 0 Å². The summed E-state index contributed by atoms with van der Waals surface area (Å²) in [5.41, 5.74) is 6.48. The molecule has 2 nitrogen and oxygen atoms in total. The monoisotopic (exact) mass is 280 g/mol. The number of benzene rings is 1. The van der Waals surface area contributed by atoms with Crippen LogP contribution in [0.2, 0.25) is 0 Å². The van der Waals surface area contributed by atoms with E-state index in [2.05, 4.69) is 68.7 Å². The molecule has 0 spiro atoms. The lowest BCUT2D eigenvalue weighted by Crippen LogP contribution is -2.39. The first-order valence-corrected chi connectivity index (χ1v) is 7.23. The minimum absolute atomic E-state index is 0.238. The van der Waals surface area contributed by atoms with Crippen molar-refractivity contribution in [2.45, 2.75) is 25.8 Å². The van der Waals surface area contributed by atoms with Crippen molar-refractivity contribution >= 4 is 11.8 Å². The Balaban J connectivity index is 2.25. The zero-order valence-electron chi connectivity index (χ0n) is 13.1. The van der Waals surface area contributed by atoms with Crippen LogP contribution in [0.3, 0.4) is 0 Å². The molecule has 1 atom stereocenters. The summed E-state index contributed by atoms with van der Waals surface area (Å²) in [5, 5.41) is 3.26. The van der Waals surface area contributed by atoms with E-state index in [1.165, 1.54) is 5.56 Å². The Kier molecular flexibility index (Phi) is 4.37. The molecule has 0 aromatic heterocycles. The number of piperidine rings is 1. The fourth-order valence-corrected chi connectivity index (χ4v) is 2.78. The summed E-state index contributed by atoms with van der Waals surface area (Å²) in [5.74, 6) is 0. The fourth-order valence-electron chi connectivity index (χ4n) is 2.78. The fraction of sp³-hybridized carbons (Fsp3) is 0.263. The molecule has 0 aliphatic carbocycles. The molecular weight excluding hydrogens is 256 g/mol. The highest BCUT2D eigenvalue weighted by molar-refractivity contribution is 5.72. The topological polar surface area (TPSA) is 15.3 Å². The summed E-state index contributed by atoms with van der Waals surface area (Å²) in [4.78, 5) is 2.19. The molecule has 0 amide bonds. The zero-order chi connectivity index (χ0) is 15.6. The van der Waals surface area contributed by atoms with Gasteiger partial charge in [0, 0.05) is 29.7 Å². The normalized spacial score (nSPS) is 18.1. The lowest BCUT2D eigenvalue weighted by atomic mass is 9.97. The van der Waals surface area contributed by atoms with E-state index in [0.29, 0.717) is 0 Å². The molecule has 0 bridgehead atoms. The largest absolute Gasteiger partial charge is 0.366 e. The predicted molar refractivity (Wildman–Crippen MR) is 92.5 cm³/mol. The quantitative estimate of drug-likeness (QED) is 0.883. The molecule has 1 aromatic rings. The second kappa shape index (κ2) is 6.04. The maximum absolute atomic E-state index is 4.28. The Labute approximate surface area is 128 Å². The molecule has 2 rings (SSSR count). The van der Waals surface area contributed by atoms with Crippen LogP contribution in [-0.2, 0) is 0 Å². The van der Waals surface area contributed by atoms with Gasteiger partial charge in [-0.15, -0.1) is 0 Å². The van der Waals surface area contributed by atoms with Crippen molar-refractivity contribution in [3.63, 3.8) is 0 Å². The minimum Gasteiger partial charge on any atom is -0.366 e. The molecule has 2 heteroatoms. The average Bonchev–Trinajstić information content (AvgIpc) is 2.45. The highest BCUT2D eigenvalue weighted by atomic mass is 15.2. The Hall–Kier alpha value is -2.22. The van der Waals surface area contributed by atoms with Crippen LogP contribution in [0, 0.1) is 6.92 Å². The van der Waals surface area contributed by atoms with Crippen molar-refractivity contribution < 1.29 is 0 Å². The molecular formula is C19H24N2. The van der Waals surface area contributed by atoms with E-state index in [-0.39, 0.29) is 6.04 Å². The maximum atomic E-state index is 4.28. The van der Waals surface area contributed by atoms with E-state index in [1.807, 2.05) is 6.08 Å². The highest BCUT2D eigenvalue weighted by Crippen LogP contribution is 2.29. The van der Waals surface area contributed by atoms with Gasteiger partial charge in [0.1, 0.15) is 0 Å². The van der Waals surface area contributed by atoms with Crippen molar-refractivity contribution in [2.24, 2.45) is 0 Å². The first-order chi connectivity index (χ1) is 9.93. The van der Waals surface area contributed by atoms with Gasteiger partial charge in [0.25, 0.3) is 0 Å². The third kappa shape index (κ3) is 3.10. The van der Waals surface area contributed by atoms with E-state index < -0.39 is 0 Å². The summed E-state index contributed by atoms with van der Waals surface area (Å²) in [7, 11) is 2.07. The number of likely N-dealkylation sites (N-methyl/N-ethyl adjacent to an activating group) is 1. The third-order valence-electron chi connectivity index (χ3n) is 4.09. The van der Waals surface area contributed by atoms with Gasteiger partial charge in [-0.25, -0.2) is 0 Å². The Morgan fingerprint density at radius 2 is 2.10 bits per heavy atom. The molecule has 1 fully saturated rings. The van der Waals surface area contributed by atoms with Crippen LogP contribution in [0.1, 0.15) is 29.5 Å².